The van der Waals surface area contributed by atoms with Crippen LogP contribution in [0.2, 0.25) is 0 Å². The van der Waals surface area contributed by atoms with Crippen molar-refractivity contribution in [3.05, 3.63) is 68.5 Å². The largest absolute Gasteiger partial charge is 0.495 e. The minimum Gasteiger partial charge on any atom is -0.495 e. The van der Waals surface area contributed by atoms with E-state index in [4.69, 9.17) is 14.2 Å². The number of hydrogen-bond acceptors (Lipinski definition) is 8. The number of amides is 1. The van der Waals surface area contributed by atoms with Crippen LogP contribution in [0.15, 0.2) is 53.2 Å². The number of aliphatic carboxylic acids is 1. The topological polar surface area (TPSA) is 143 Å². The van der Waals surface area contributed by atoms with Crippen LogP contribution in [0.3, 0.4) is 0 Å². The molecule has 0 bridgehead atoms. The van der Waals surface area contributed by atoms with Crippen molar-refractivity contribution in [2.75, 3.05) is 14.2 Å². The lowest BCUT2D eigenvalue weighted by Crippen LogP contribution is -2.57. The highest BCUT2D eigenvalue weighted by Gasteiger charge is 2.64. The molecule has 3 N–H and O–H groups in total. The number of carboxylic acids is 1. The second-order valence-electron chi connectivity index (χ2n) is 7.52. The first-order valence-corrected chi connectivity index (χ1v) is 14.0. The summed E-state index contributed by atoms with van der Waals surface area (Å²) in [7, 11) is -2.83. The Morgan fingerprint density at radius 1 is 1.00 bits per heavy atom. The maximum Gasteiger partial charge on any atom is 0.412 e. The second-order valence-corrected chi connectivity index (χ2v) is 11.1. The van der Waals surface area contributed by atoms with Gasteiger partial charge in [0.15, 0.2) is 0 Å². The number of benzene rings is 1. The zero-order chi connectivity index (χ0) is 26.5. The number of carbonyl (C=O) groups excluding carboxylic acids is 1. The third-order valence-electron chi connectivity index (χ3n) is 5.49. The monoisotopic (exact) mass is 555 g/mol. The molecule has 13 heteroatoms. The fourth-order valence-electron chi connectivity index (χ4n) is 3.89. The molecule has 1 unspecified atom stereocenters. The molecule has 0 fully saturated rings. The molecule has 0 spiro atoms. The van der Waals surface area contributed by atoms with Crippen molar-refractivity contribution >= 4 is 42.3 Å². The first-order chi connectivity index (χ1) is 17.1. The summed E-state index contributed by atoms with van der Waals surface area (Å²) in [6.45, 7) is 1.25. The molecule has 0 aliphatic rings. The molecule has 3 aromatic rings. The number of thiophene rings is 2. The Bertz CT molecular complexity index is 1190. The third-order valence-corrected chi connectivity index (χ3v) is 9.30. The summed E-state index contributed by atoms with van der Waals surface area (Å²) in [5.74, 6) is -1.32. The van der Waals surface area contributed by atoms with Crippen LogP contribution in [0.25, 0.3) is 0 Å². The third kappa shape index (κ3) is 5.00. The summed E-state index contributed by atoms with van der Waals surface area (Å²) in [4.78, 5) is 48.7. The van der Waals surface area contributed by atoms with Gasteiger partial charge in [-0.3, -0.25) is 9.46 Å². The number of ether oxygens (including phenoxy) is 3. The van der Waals surface area contributed by atoms with E-state index in [9.17, 15) is 29.0 Å². The SMILES string of the molecule is CCC(C(=O)O)N(C(=O)OCc1ccccc1)C(c1sccc1OC)(c1sccc1OC)P(=O)(O)O. The summed E-state index contributed by atoms with van der Waals surface area (Å²) >= 11 is 1.83. The Kier molecular flexibility index (Phi) is 8.80. The van der Waals surface area contributed by atoms with Crippen molar-refractivity contribution in [1.29, 1.82) is 0 Å². The minimum atomic E-state index is -5.45. The smallest absolute Gasteiger partial charge is 0.412 e. The Hall–Kier alpha value is -2.89. The molecule has 0 radical (unpaired) electrons. The van der Waals surface area contributed by atoms with Crippen LogP contribution in [0.1, 0.15) is 28.7 Å². The van der Waals surface area contributed by atoms with Crippen molar-refractivity contribution < 1.29 is 43.3 Å². The summed E-state index contributed by atoms with van der Waals surface area (Å²) in [5.41, 5.74) is 0.610. The first kappa shape index (κ1) is 27.7. The van der Waals surface area contributed by atoms with Gasteiger partial charge in [-0.1, -0.05) is 37.3 Å². The molecular weight excluding hydrogens is 529 g/mol. The van der Waals surface area contributed by atoms with Gasteiger partial charge in [-0.05, 0) is 34.9 Å². The van der Waals surface area contributed by atoms with E-state index < -0.39 is 31.0 Å². The number of hydrogen-bond donors (Lipinski definition) is 3. The van der Waals surface area contributed by atoms with Crippen LogP contribution in [0, 0.1) is 0 Å². The van der Waals surface area contributed by atoms with Crippen molar-refractivity contribution in [3.8, 4) is 11.5 Å². The predicted octanol–water partition coefficient (Wildman–Crippen LogP) is 4.71. The van der Waals surface area contributed by atoms with Gasteiger partial charge in [0.25, 0.3) is 0 Å². The van der Waals surface area contributed by atoms with Gasteiger partial charge in [0.2, 0.25) is 5.28 Å². The van der Waals surface area contributed by atoms with E-state index in [0.29, 0.717) is 10.5 Å². The van der Waals surface area contributed by atoms with Gasteiger partial charge >= 0.3 is 19.7 Å². The second kappa shape index (κ2) is 11.4. The molecule has 1 aromatic carbocycles. The lowest BCUT2D eigenvalue weighted by atomic mass is 10.1. The average molecular weight is 556 g/mol. The summed E-state index contributed by atoms with van der Waals surface area (Å²) < 4.78 is 29.9. The van der Waals surface area contributed by atoms with Crippen LogP contribution in [0.5, 0.6) is 11.5 Å². The van der Waals surface area contributed by atoms with Gasteiger partial charge < -0.3 is 29.1 Å². The Morgan fingerprint density at radius 3 is 1.94 bits per heavy atom. The zero-order valence-electron chi connectivity index (χ0n) is 19.7. The molecular formula is C23H26NO9PS2. The van der Waals surface area contributed by atoms with E-state index in [-0.39, 0.29) is 34.3 Å². The fourth-order valence-corrected chi connectivity index (χ4v) is 8.16. The number of methoxy groups -OCH3 is 2. The van der Waals surface area contributed by atoms with Crippen LogP contribution in [-0.2, 0) is 26.0 Å². The molecule has 36 heavy (non-hydrogen) atoms. The average Bonchev–Trinajstić information content (AvgIpc) is 3.52. The highest BCUT2D eigenvalue weighted by molar-refractivity contribution is 7.54. The standard InChI is InChI=1S/C23H26NO9PS2/c1-4-16(21(25)26)24(22(27)33-14-15-8-6-5-7-9-15)23(34(28,29)30,19-17(31-2)10-12-35-19)20-18(32-3)11-13-36-20/h5-13,16H,4,14H2,1-3H3,(H,25,26)(H2,28,29,30). The number of carbonyl (C=O) groups is 2. The quantitative estimate of drug-likeness (QED) is 0.287. The molecule has 1 atom stereocenters. The molecule has 10 nitrogen and oxygen atoms in total. The van der Waals surface area contributed by atoms with Crippen LogP contribution in [-0.4, -0.2) is 52.1 Å². The molecule has 0 saturated carbocycles. The number of nitrogens with zero attached hydrogens (tertiary/aromatic N) is 1. The molecule has 0 aliphatic heterocycles. The van der Waals surface area contributed by atoms with Gasteiger partial charge in [0.1, 0.15) is 24.1 Å². The zero-order valence-corrected chi connectivity index (χ0v) is 22.2. The van der Waals surface area contributed by atoms with E-state index in [1.165, 1.54) is 44.0 Å². The van der Waals surface area contributed by atoms with E-state index in [1.807, 2.05) is 0 Å². The maximum atomic E-state index is 13.7. The molecule has 0 aliphatic carbocycles. The lowest BCUT2D eigenvalue weighted by molar-refractivity contribution is -0.144. The van der Waals surface area contributed by atoms with E-state index in [1.54, 1.807) is 30.3 Å². The van der Waals surface area contributed by atoms with Crippen molar-refractivity contribution in [2.24, 2.45) is 0 Å². The normalized spacial score (nSPS) is 12.6. The first-order valence-electron chi connectivity index (χ1n) is 10.7. The van der Waals surface area contributed by atoms with Crippen LogP contribution >= 0.6 is 30.3 Å². The molecule has 3 rings (SSSR count). The van der Waals surface area contributed by atoms with E-state index in [0.717, 1.165) is 22.7 Å². The van der Waals surface area contributed by atoms with Crippen molar-refractivity contribution in [1.82, 2.24) is 4.90 Å². The fraction of sp³-hybridized carbons (Fsp3) is 0.304. The lowest BCUT2D eigenvalue weighted by Gasteiger charge is -2.44. The number of carboxylic acid groups (broad SMARTS) is 1. The number of rotatable bonds is 11. The minimum absolute atomic E-state index is 0.0598. The Morgan fingerprint density at radius 2 is 1.53 bits per heavy atom. The molecule has 0 saturated heterocycles. The van der Waals surface area contributed by atoms with Crippen molar-refractivity contribution in [3.63, 3.8) is 0 Å². The summed E-state index contributed by atoms with van der Waals surface area (Å²) in [6, 6.07) is 9.96. The Balaban J connectivity index is 2.36. The molecule has 1 amide bonds. The van der Waals surface area contributed by atoms with E-state index in [2.05, 4.69) is 0 Å². The molecule has 2 heterocycles. The van der Waals surface area contributed by atoms with Crippen LogP contribution < -0.4 is 9.47 Å². The maximum absolute atomic E-state index is 13.7. The van der Waals surface area contributed by atoms with Gasteiger partial charge in [-0.15, -0.1) is 22.7 Å². The van der Waals surface area contributed by atoms with Gasteiger partial charge in [0, 0.05) is 0 Å². The summed E-state index contributed by atoms with van der Waals surface area (Å²) in [5, 5.41) is 10.6. The van der Waals surface area contributed by atoms with Gasteiger partial charge in [-0.25, -0.2) is 9.59 Å². The Labute approximate surface area is 215 Å². The van der Waals surface area contributed by atoms with Gasteiger partial charge in [-0.2, -0.15) is 0 Å². The highest BCUT2D eigenvalue weighted by atomic mass is 32.1. The summed E-state index contributed by atoms with van der Waals surface area (Å²) in [6.07, 6.45) is -1.39. The van der Waals surface area contributed by atoms with Crippen LogP contribution in [0.4, 0.5) is 4.79 Å². The van der Waals surface area contributed by atoms with Crippen molar-refractivity contribution in [2.45, 2.75) is 31.3 Å². The van der Waals surface area contributed by atoms with Gasteiger partial charge in [0.05, 0.1) is 24.0 Å². The van der Waals surface area contributed by atoms with E-state index >= 15 is 0 Å². The highest BCUT2D eigenvalue weighted by Crippen LogP contribution is 2.68. The molecule has 194 valence electrons. The molecule has 2 aromatic heterocycles. The predicted molar refractivity (Wildman–Crippen MR) is 135 cm³/mol.